The summed E-state index contributed by atoms with van der Waals surface area (Å²) in [6.45, 7) is 4.60. The van der Waals surface area contributed by atoms with Gasteiger partial charge in [-0.05, 0) is 32.9 Å². The molecular weight excluding hydrogens is 361 g/mol. The molecule has 9 heteroatoms. The molecule has 4 rings (SSSR count). The number of fused-ring (bicyclic) bond motifs is 1. The number of pyridine rings is 1. The first kappa shape index (κ1) is 18.3. The number of nitrogens with zero attached hydrogens (tertiary/aromatic N) is 5. The maximum absolute atomic E-state index is 14.2. The highest BCUT2D eigenvalue weighted by Gasteiger charge is 2.23. The summed E-state index contributed by atoms with van der Waals surface area (Å²) in [6, 6.07) is 1.24. The summed E-state index contributed by atoms with van der Waals surface area (Å²) in [5.41, 5.74) is 1.43. The Kier molecular flexibility index (Phi) is 4.91. The van der Waals surface area contributed by atoms with Crippen molar-refractivity contribution in [2.45, 2.75) is 13.3 Å². The summed E-state index contributed by atoms with van der Waals surface area (Å²) in [7, 11) is 1.95. The third kappa shape index (κ3) is 3.65. The van der Waals surface area contributed by atoms with E-state index in [-0.39, 0.29) is 11.3 Å². The molecule has 0 aliphatic carbocycles. The van der Waals surface area contributed by atoms with E-state index in [1.165, 1.54) is 12.3 Å². The van der Waals surface area contributed by atoms with Gasteiger partial charge in [-0.15, -0.1) is 0 Å². The van der Waals surface area contributed by atoms with Crippen LogP contribution in [0.4, 0.5) is 15.9 Å². The number of hydrogen-bond acceptors (Lipinski definition) is 6. The molecule has 1 fully saturated rings. The molecule has 1 amide bonds. The SMILES string of the molecule is CNC[C@H]1CCN(c2cnc(C(=O)Nc3cc(F)c4nc(C)cn4c3)cn2)C1. The monoisotopic (exact) mass is 383 g/mol. The number of carbonyl (C=O) groups excluding carboxylic acids is 1. The standard InChI is InChI=1S/C19H22FN7O/c1-12-9-27-11-14(5-15(20)18(27)24-12)25-19(28)16-7-23-17(8-22-16)26-4-3-13(10-26)6-21-2/h5,7-9,11,13,21H,3-4,6,10H2,1-2H3,(H,25,28)/t13-/m1/s1. The van der Waals surface area contributed by atoms with E-state index in [4.69, 9.17) is 0 Å². The predicted octanol–water partition coefficient (Wildman–Crippen LogP) is 1.87. The van der Waals surface area contributed by atoms with Gasteiger partial charge in [0.05, 0.1) is 23.8 Å². The van der Waals surface area contributed by atoms with Crippen molar-refractivity contribution in [3.05, 3.63) is 48.1 Å². The predicted molar refractivity (Wildman–Crippen MR) is 104 cm³/mol. The summed E-state index contributed by atoms with van der Waals surface area (Å²) >= 11 is 0. The van der Waals surface area contributed by atoms with Crippen molar-refractivity contribution >= 4 is 23.1 Å². The number of nitrogens with one attached hydrogen (secondary N) is 2. The third-order valence-corrected chi connectivity index (χ3v) is 4.86. The van der Waals surface area contributed by atoms with Crippen molar-refractivity contribution in [3.63, 3.8) is 0 Å². The van der Waals surface area contributed by atoms with Gasteiger partial charge >= 0.3 is 0 Å². The van der Waals surface area contributed by atoms with Gasteiger partial charge in [0.1, 0.15) is 11.5 Å². The van der Waals surface area contributed by atoms with Gasteiger partial charge in [-0.1, -0.05) is 0 Å². The van der Waals surface area contributed by atoms with Crippen LogP contribution in [0, 0.1) is 18.7 Å². The van der Waals surface area contributed by atoms with Gasteiger partial charge in [0.2, 0.25) is 0 Å². The van der Waals surface area contributed by atoms with E-state index in [2.05, 4.69) is 30.5 Å². The lowest BCUT2D eigenvalue weighted by Crippen LogP contribution is -2.25. The highest BCUT2D eigenvalue weighted by molar-refractivity contribution is 6.02. The van der Waals surface area contributed by atoms with Crippen LogP contribution in [0.15, 0.2) is 30.9 Å². The Hall–Kier alpha value is -3.07. The Morgan fingerprint density at radius 3 is 2.93 bits per heavy atom. The first-order valence-electron chi connectivity index (χ1n) is 9.21. The molecule has 1 aliphatic heterocycles. The molecule has 4 heterocycles. The summed E-state index contributed by atoms with van der Waals surface area (Å²) in [5.74, 6) is 0.407. The molecule has 8 nitrogen and oxygen atoms in total. The highest BCUT2D eigenvalue weighted by Crippen LogP contribution is 2.21. The average Bonchev–Trinajstić information content (AvgIpc) is 3.28. The maximum atomic E-state index is 14.2. The van der Waals surface area contributed by atoms with Crippen LogP contribution in [-0.2, 0) is 0 Å². The van der Waals surface area contributed by atoms with E-state index in [0.29, 0.717) is 17.3 Å². The number of hydrogen-bond donors (Lipinski definition) is 2. The Labute approximate surface area is 161 Å². The van der Waals surface area contributed by atoms with Crippen molar-refractivity contribution in [1.82, 2.24) is 24.7 Å². The minimum absolute atomic E-state index is 0.178. The molecule has 28 heavy (non-hydrogen) atoms. The molecule has 0 radical (unpaired) electrons. The van der Waals surface area contributed by atoms with Crippen LogP contribution in [-0.4, -0.2) is 51.9 Å². The second-order valence-electron chi connectivity index (χ2n) is 7.06. The molecule has 1 saturated heterocycles. The van der Waals surface area contributed by atoms with Crippen LogP contribution in [0.1, 0.15) is 22.6 Å². The first-order chi connectivity index (χ1) is 13.5. The van der Waals surface area contributed by atoms with Crippen molar-refractivity contribution in [2.75, 3.05) is 36.9 Å². The fourth-order valence-electron chi connectivity index (χ4n) is 3.54. The van der Waals surface area contributed by atoms with E-state index in [9.17, 15) is 9.18 Å². The van der Waals surface area contributed by atoms with E-state index >= 15 is 0 Å². The van der Waals surface area contributed by atoms with Gasteiger partial charge in [0.15, 0.2) is 11.5 Å². The Balaban J connectivity index is 1.45. The Morgan fingerprint density at radius 2 is 2.18 bits per heavy atom. The fraction of sp³-hybridized carbons (Fsp3) is 0.368. The second kappa shape index (κ2) is 7.51. The Bertz CT molecular complexity index is 1000. The molecule has 0 unspecified atom stereocenters. The summed E-state index contributed by atoms with van der Waals surface area (Å²) in [5, 5.41) is 5.86. The molecule has 0 aromatic carbocycles. The minimum Gasteiger partial charge on any atom is -0.355 e. The molecule has 0 bridgehead atoms. The first-order valence-corrected chi connectivity index (χ1v) is 9.21. The number of imidazole rings is 1. The fourth-order valence-corrected chi connectivity index (χ4v) is 3.54. The van der Waals surface area contributed by atoms with Crippen LogP contribution in [0.25, 0.3) is 5.65 Å². The van der Waals surface area contributed by atoms with Crippen LogP contribution >= 0.6 is 0 Å². The number of amides is 1. The van der Waals surface area contributed by atoms with E-state index in [1.807, 2.05) is 7.05 Å². The van der Waals surface area contributed by atoms with Gasteiger partial charge in [0.25, 0.3) is 5.91 Å². The minimum atomic E-state index is -0.502. The van der Waals surface area contributed by atoms with Crippen molar-refractivity contribution in [1.29, 1.82) is 0 Å². The van der Waals surface area contributed by atoms with Crippen LogP contribution in [0.3, 0.4) is 0 Å². The largest absolute Gasteiger partial charge is 0.355 e. The number of aryl methyl sites for hydroxylation is 1. The molecule has 0 spiro atoms. The number of rotatable bonds is 5. The molecule has 1 aliphatic rings. The molecular formula is C19H22FN7O. The van der Waals surface area contributed by atoms with Crippen LogP contribution in [0.2, 0.25) is 0 Å². The molecule has 146 valence electrons. The summed E-state index contributed by atoms with van der Waals surface area (Å²) in [6.07, 6.45) is 7.48. The van der Waals surface area contributed by atoms with Crippen LogP contribution < -0.4 is 15.5 Å². The van der Waals surface area contributed by atoms with Crippen molar-refractivity contribution in [2.24, 2.45) is 5.92 Å². The molecule has 2 N–H and O–H groups in total. The lowest BCUT2D eigenvalue weighted by molar-refractivity contribution is 0.102. The molecule has 0 saturated carbocycles. The van der Waals surface area contributed by atoms with Crippen molar-refractivity contribution < 1.29 is 9.18 Å². The van der Waals surface area contributed by atoms with E-state index in [1.54, 1.807) is 29.9 Å². The highest BCUT2D eigenvalue weighted by atomic mass is 19.1. The molecule has 3 aromatic rings. The lowest BCUT2D eigenvalue weighted by Gasteiger charge is -2.17. The van der Waals surface area contributed by atoms with Crippen molar-refractivity contribution in [3.8, 4) is 0 Å². The van der Waals surface area contributed by atoms with Gasteiger partial charge in [-0.3, -0.25) is 4.79 Å². The zero-order chi connectivity index (χ0) is 19.7. The second-order valence-corrected chi connectivity index (χ2v) is 7.06. The van der Waals surface area contributed by atoms with Gasteiger partial charge in [-0.25, -0.2) is 19.3 Å². The lowest BCUT2D eigenvalue weighted by atomic mass is 10.1. The number of carbonyl (C=O) groups is 1. The quantitative estimate of drug-likeness (QED) is 0.699. The third-order valence-electron chi connectivity index (χ3n) is 4.86. The summed E-state index contributed by atoms with van der Waals surface area (Å²) < 4.78 is 15.7. The number of aromatic nitrogens is 4. The van der Waals surface area contributed by atoms with E-state index < -0.39 is 11.7 Å². The zero-order valence-corrected chi connectivity index (χ0v) is 15.8. The normalized spacial score (nSPS) is 16.7. The average molecular weight is 383 g/mol. The summed E-state index contributed by atoms with van der Waals surface area (Å²) in [4.78, 5) is 27.3. The molecule has 3 aromatic heterocycles. The van der Waals surface area contributed by atoms with Crippen LogP contribution in [0.5, 0.6) is 0 Å². The Morgan fingerprint density at radius 1 is 1.32 bits per heavy atom. The number of anilines is 2. The topological polar surface area (TPSA) is 87.5 Å². The smallest absolute Gasteiger partial charge is 0.275 e. The molecule has 1 atom stereocenters. The van der Waals surface area contributed by atoms with Gasteiger partial charge in [-0.2, -0.15) is 0 Å². The van der Waals surface area contributed by atoms with E-state index in [0.717, 1.165) is 31.9 Å². The van der Waals surface area contributed by atoms with Gasteiger partial charge in [0, 0.05) is 31.5 Å². The number of halogens is 1. The maximum Gasteiger partial charge on any atom is 0.275 e. The zero-order valence-electron chi connectivity index (χ0n) is 15.8. The van der Waals surface area contributed by atoms with Gasteiger partial charge < -0.3 is 19.9 Å².